The van der Waals surface area contributed by atoms with E-state index in [9.17, 15) is 0 Å². The van der Waals surface area contributed by atoms with Crippen LogP contribution in [0.4, 0.5) is 0 Å². The summed E-state index contributed by atoms with van der Waals surface area (Å²) < 4.78 is 0. The van der Waals surface area contributed by atoms with Gasteiger partial charge in [0.05, 0.1) is 0 Å². The number of benzene rings is 1. The molecule has 3 atom stereocenters. The Kier molecular flexibility index (Phi) is 8.71. The highest BCUT2D eigenvalue weighted by Crippen LogP contribution is 2.29. The standard InChI is InChI=1S/C11H14.C8H16.C7H14/c1-8-3-4-10-6-9(2)7-11(10)5-8;1-7-3-5-8(2)6-4-7;1-6-3-4-7(2)5-6/h3-5,9H,6-7H2,1-2H3;7-8H,3-6H2,1-2H3;6-7H,3-5H2,1-2H3. The number of rotatable bonds is 0. The summed E-state index contributed by atoms with van der Waals surface area (Å²) in [6, 6.07) is 6.84. The molecule has 0 N–H and O–H groups in total. The number of aryl methyl sites for hydroxylation is 1. The second-order valence-electron chi connectivity index (χ2n) is 10.2. The lowest BCUT2D eigenvalue weighted by Crippen LogP contribution is -2.08. The molecule has 0 radical (unpaired) electrons. The minimum atomic E-state index is 0.867. The number of hydrogen-bond acceptors (Lipinski definition) is 0. The smallest absolute Gasteiger partial charge is 0.0247 e. The summed E-state index contributed by atoms with van der Waals surface area (Å²) in [6.07, 6.45) is 12.9. The molecule has 0 aliphatic heterocycles. The van der Waals surface area contributed by atoms with Gasteiger partial charge in [-0.15, -0.1) is 0 Å². The first-order chi connectivity index (χ1) is 12.3. The van der Waals surface area contributed by atoms with Gasteiger partial charge in [0.1, 0.15) is 0 Å². The van der Waals surface area contributed by atoms with Crippen LogP contribution in [0.5, 0.6) is 0 Å². The van der Waals surface area contributed by atoms with Crippen molar-refractivity contribution in [2.75, 3.05) is 0 Å². The lowest BCUT2D eigenvalue weighted by molar-refractivity contribution is 0.308. The van der Waals surface area contributed by atoms with Gasteiger partial charge in [-0.2, -0.15) is 0 Å². The van der Waals surface area contributed by atoms with Crippen LogP contribution < -0.4 is 0 Å². The van der Waals surface area contributed by atoms with Crippen LogP contribution in [0.2, 0.25) is 0 Å². The van der Waals surface area contributed by atoms with E-state index in [-0.39, 0.29) is 0 Å². The molecule has 0 heteroatoms. The lowest BCUT2D eigenvalue weighted by Gasteiger charge is -2.22. The Hall–Kier alpha value is -0.780. The van der Waals surface area contributed by atoms with E-state index in [2.05, 4.69) is 59.7 Å². The Bertz CT molecular complexity index is 503. The molecule has 26 heavy (non-hydrogen) atoms. The Morgan fingerprint density at radius 1 is 0.577 bits per heavy atom. The van der Waals surface area contributed by atoms with Crippen molar-refractivity contribution in [3.63, 3.8) is 0 Å². The molecule has 0 aromatic heterocycles. The van der Waals surface area contributed by atoms with Crippen LogP contribution in [0.15, 0.2) is 18.2 Å². The summed E-state index contributed by atoms with van der Waals surface area (Å²) in [5.74, 6) is 4.95. The monoisotopic (exact) mass is 356 g/mol. The van der Waals surface area contributed by atoms with Crippen LogP contribution >= 0.6 is 0 Å². The molecule has 3 aliphatic carbocycles. The Labute approximate surface area is 164 Å². The molecule has 3 unspecified atom stereocenters. The van der Waals surface area contributed by atoms with Crippen LogP contribution in [0.3, 0.4) is 0 Å². The van der Waals surface area contributed by atoms with Gasteiger partial charge < -0.3 is 0 Å². The third-order valence-corrected chi connectivity index (χ3v) is 6.76. The summed E-state index contributed by atoms with van der Waals surface area (Å²) in [5, 5.41) is 0. The molecule has 0 nitrogen and oxygen atoms in total. The van der Waals surface area contributed by atoms with Gasteiger partial charge in [0, 0.05) is 0 Å². The molecule has 2 saturated carbocycles. The summed E-state index contributed by atoms with van der Waals surface area (Å²) in [4.78, 5) is 0. The van der Waals surface area contributed by atoms with E-state index in [0.29, 0.717) is 0 Å². The molecule has 0 bridgehead atoms. The quantitative estimate of drug-likeness (QED) is 0.441. The van der Waals surface area contributed by atoms with Crippen molar-refractivity contribution in [3.05, 3.63) is 34.9 Å². The van der Waals surface area contributed by atoms with Gasteiger partial charge in [-0.1, -0.05) is 96.9 Å². The molecule has 1 aromatic carbocycles. The van der Waals surface area contributed by atoms with Gasteiger partial charge in [0.25, 0.3) is 0 Å². The van der Waals surface area contributed by atoms with Gasteiger partial charge in [-0.05, 0) is 66.9 Å². The molecule has 1 aromatic rings. The third-order valence-electron chi connectivity index (χ3n) is 6.76. The predicted octanol–water partition coefficient (Wildman–Crippen LogP) is 8.00. The molecular formula is C26H44. The van der Waals surface area contributed by atoms with Crippen LogP contribution in [0.25, 0.3) is 0 Å². The van der Waals surface area contributed by atoms with Crippen molar-refractivity contribution < 1.29 is 0 Å². The van der Waals surface area contributed by atoms with Gasteiger partial charge in [0.15, 0.2) is 0 Å². The van der Waals surface area contributed by atoms with E-state index in [0.717, 1.165) is 29.6 Å². The number of fused-ring (bicyclic) bond motifs is 1. The zero-order valence-corrected chi connectivity index (χ0v) is 18.5. The minimum absolute atomic E-state index is 0.867. The maximum atomic E-state index is 2.37. The van der Waals surface area contributed by atoms with Crippen molar-refractivity contribution in [3.8, 4) is 0 Å². The highest BCUT2D eigenvalue weighted by molar-refractivity contribution is 5.35. The fourth-order valence-electron chi connectivity index (χ4n) is 4.89. The van der Waals surface area contributed by atoms with Crippen molar-refractivity contribution in [2.45, 2.75) is 99.3 Å². The maximum Gasteiger partial charge on any atom is -0.0247 e. The summed E-state index contributed by atoms with van der Waals surface area (Å²) in [5.41, 5.74) is 4.55. The fraction of sp³-hybridized carbons (Fsp3) is 0.769. The maximum absolute atomic E-state index is 2.37. The molecule has 0 amide bonds. The van der Waals surface area contributed by atoms with Gasteiger partial charge >= 0.3 is 0 Å². The molecule has 3 aliphatic rings. The molecule has 2 fully saturated rings. The summed E-state index contributed by atoms with van der Waals surface area (Å²) in [6.45, 7) is 13.9. The molecule has 0 spiro atoms. The number of hydrogen-bond donors (Lipinski definition) is 0. The molecule has 0 saturated heterocycles. The Morgan fingerprint density at radius 3 is 1.50 bits per heavy atom. The van der Waals surface area contributed by atoms with E-state index in [4.69, 9.17) is 0 Å². The Balaban J connectivity index is 0.000000145. The first-order valence-electron chi connectivity index (χ1n) is 11.4. The Morgan fingerprint density at radius 2 is 1.04 bits per heavy atom. The van der Waals surface area contributed by atoms with E-state index < -0.39 is 0 Å². The van der Waals surface area contributed by atoms with Crippen LogP contribution in [0, 0.1) is 36.5 Å². The second kappa shape index (κ2) is 10.5. The fourth-order valence-corrected chi connectivity index (χ4v) is 4.89. The van der Waals surface area contributed by atoms with Gasteiger partial charge in [0.2, 0.25) is 0 Å². The molecule has 0 heterocycles. The first kappa shape index (κ1) is 21.5. The normalized spacial score (nSPS) is 32.8. The third kappa shape index (κ3) is 7.45. The zero-order valence-electron chi connectivity index (χ0n) is 18.5. The van der Waals surface area contributed by atoms with Crippen molar-refractivity contribution >= 4 is 0 Å². The van der Waals surface area contributed by atoms with Crippen molar-refractivity contribution in [1.29, 1.82) is 0 Å². The lowest BCUT2D eigenvalue weighted by atomic mass is 9.84. The zero-order chi connectivity index (χ0) is 19.1. The van der Waals surface area contributed by atoms with E-state index in [1.807, 2.05) is 0 Å². The van der Waals surface area contributed by atoms with E-state index >= 15 is 0 Å². The predicted molar refractivity (Wildman–Crippen MR) is 117 cm³/mol. The van der Waals surface area contributed by atoms with Crippen molar-refractivity contribution in [1.82, 2.24) is 0 Å². The molecule has 4 rings (SSSR count). The van der Waals surface area contributed by atoms with Gasteiger partial charge in [-0.3, -0.25) is 0 Å². The summed E-state index contributed by atoms with van der Waals surface area (Å²) in [7, 11) is 0. The topological polar surface area (TPSA) is 0 Å². The second-order valence-corrected chi connectivity index (χ2v) is 10.2. The average molecular weight is 357 g/mol. The largest absolute Gasteiger partial charge is 0.0625 e. The van der Waals surface area contributed by atoms with Crippen LogP contribution in [-0.2, 0) is 12.8 Å². The van der Waals surface area contributed by atoms with Crippen LogP contribution in [-0.4, -0.2) is 0 Å². The SMILES string of the molecule is CC1CCC(C)C1.CC1CCC(C)CC1.Cc1ccc2c(c1)CC(C)C2. The highest BCUT2D eigenvalue weighted by Gasteiger charge is 2.17. The van der Waals surface area contributed by atoms with Crippen LogP contribution in [0.1, 0.15) is 96.3 Å². The summed E-state index contributed by atoms with van der Waals surface area (Å²) >= 11 is 0. The minimum Gasteiger partial charge on any atom is -0.0625 e. The molecule has 148 valence electrons. The average Bonchev–Trinajstić information content (AvgIpc) is 3.14. The first-order valence-corrected chi connectivity index (χ1v) is 11.4. The van der Waals surface area contributed by atoms with E-state index in [1.54, 1.807) is 11.1 Å². The van der Waals surface area contributed by atoms with Gasteiger partial charge in [-0.25, -0.2) is 0 Å². The van der Waals surface area contributed by atoms with Crippen molar-refractivity contribution in [2.24, 2.45) is 29.6 Å². The highest BCUT2D eigenvalue weighted by atomic mass is 14.2. The molecular weight excluding hydrogens is 312 g/mol. The van der Waals surface area contributed by atoms with E-state index in [1.165, 1.54) is 63.4 Å².